The topological polar surface area (TPSA) is 37.3 Å². The van der Waals surface area contributed by atoms with Crippen molar-refractivity contribution in [1.29, 1.82) is 0 Å². The maximum Gasteiger partial charge on any atom is 0.335 e. The summed E-state index contributed by atoms with van der Waals surface area (Å²) in [5, 5.41) is 9.06. The Kier molecular flexibility index (Phi) is 3.61. The number of allylic oxidation sites excluding steroid dienone is 2. The minimum absolute atomic E-state index is 0.0347. The number of benzene rings is 2. The van der Waals surface area contributed by atoms with Gasteiger partial charge in [-0.05, 0) is 42.5 Å². The lowest BCUT2D eigenvalue weighted by Crippen LogP contribution is -2.28. The number of hydrogen-bond donors (Lipinski definition) is 1. The largest absolute Gasteiger partial charge is 0.478 e. The Balaban J connectivity index is 2.08. The van der Waals surface area contributed by atoms with E-state index >= 15 is 0 Å². The molecule has 1 unspecified atom stereocenters. The molecule has 0 amide bonds. The fourth-order valence-corrected chi connectivity index (χ4v) is 3.21. The summed E-state index contributed by atoms with van der Waals surface area (Å²) in [6.45, 7) is 0. The molecule has 0 saturated heterocycles. The van der Waals surface area contributed by atoms with Gasteiger partial charge in [0.15, 0.2) is 0 Å². The number of carboxylic acid groups (broad SMARTS) is 1. The summed E-state index contributed by atoms with van der Waals surface area (Å²) in [4.78, 5) is 11.0. The first-order valence-corrected chi connectivity index (χ1v) is 7.27. The van der Waals surface area contributed by atoms with Crippen molar-refractivity contribution in [1.82, 2.24) is 0 Å². The fourth-order valence-electron chi connectivity index (χ4n) is 3.21. The lowest BCUT2D eigenvalue weighted by molar-refractivity contribution is 0.0697. The highest BCUT2D eigenvalue weighted by Gasteiger charge is 2.33. The predicted molar refractivity (Wildman–Crippen MR) is 83.6 cm³/mol. The summed E-state index contributed by atoms with van der Waals surface area (Å²) in [6, 6.07) is 17.9. The van der Waals surface area contributed by atoms with E-state index in [1.807, 2.05) is 18.2 Å². The Hall–Kier alpha value is -2.35. The molecule has 2 nitrogen and oxygen atoms in total. The molecule has 0 aliphatic heterocycles. The van der Waals surface area contributed by atoms with Crippen LogP contribution in [0.3, 0.4) is 0 Å². The van der Waals surface area contributed by atoms with E-state index in [1.54, 1.807) is 12.1 Å². The first-order chi connectivity index (χ1) is 10.2. The SMILES string of the molecule is O=C(O)c1ccc(C2(c3ccccc3)CC=CCC2)cc1. The molecule has 1 N–H and O–H groups in total. The zero-order valence-corrected chi connectivity index (χ0v) is 11.8. The van der Waals surface area contributed by atoms with E-state index < -0.39 is 5.97 Å². The van der Waals surface area contributed by atoms with E-state index in [0.29, 0.717) is 5.56 Å². The molecule has 0 bridgehead atoms. The van der Waals surface area contributed by atoms with Gasteiger partial charge in [0.25, 0.3) is 0 Å². The van der Waals surface area contributed by atoms with E-state index in [2.05, 4.69) is 36.4 Å². The predicted octanol–water partition coefficient (Wildman–Crippen LogP) is 4.41. The molecule has 21 heavy (non-hydrogen) atoms. The van der Waals surface area contributed by atoms with Crippen molar-refractivity contribution in [3.05, 3.63) is 83.4 Å². The number of hydrogen-bond acceptors (Lipinski definition) is 1. The summed E-state index contributed by atoms with van der Waals surface area (Å²) in [7, 11) is 0. The second kappa shape index (κ2) is 5.57. The van der Waals surface area contributed by atoms with Crippen LogP contribution in [-0.4, -0.2) is 11.1 Å². The molecule has 0 heterocycles. The number of carbonyl (C=O) groups is 1. The minimum atomic E-state index is -0.876. The van der Waals surface area contributed by atoms with Crippen LogP contribution in [0.15, 0.2) is 66.7 Å². The molecule has 3 rings (SSSR count). The van der Waals surface area contributed by atoms with Crippen LogP contribution in [0.4, 0.5) is 0 Å². The van der Waals surface area contributed by atoms with E-state index in [-0.39, 0.29) is 5.41 Å². The standard InChI is InChI=1S/C19H18O2/c20-18(21)15-9-11-17(12-10-15)19(13-5-2-6-14-19)16-7-3-1-4-8-16/h1-5,7-12H,6,13-14H2,(H,20,21). The first-order valence-electron chi connectivity index (χ1n) is 7.27. The Bertz CT molecular complexity index is 656. The Labute approximate surface area is 124 Å². The van der Waals surface area contributed by atoms with Gasteiger partial charge in [-0.2, -0.15) is 0 Å². The van der Waals surface area contributed by atoms with Crippen LogP contribution < -0.4 is 0 Å². The molecule has 0 aromatic heterocycles. The smallest absolute Gasteiger partial charge is 0.335 e. The van der Waals surface area contributed by atoms with Crippen LogP contribution in [0.5, 0.6) is 0 Å². The van der Waals surface area contributed by atoms with Crippen molar-refractivity contribution in [2.45, 2.75) is 24.7 Å². The van der Waals surface area contributed by atoms with E-state index in [1.165, 1.54) is 11.1 Å². The van der Waals surface area contributed by atoms with Gasteiger partial charge < -0.3 is 5.11 Å². The quantitative estimate of drug-likeness (QED) is 0.844. The van der Waals surface area contributed by atoms with Gasteiger partial charge >= 0.3 is 5.97 Å². The molecular formula is C19H18O2. The van der Waals surface area contributed by atoms with E-state index in [0.717, 1.165) is 19.3 Å². The lowest BCUT2D eigenvalue weighted by atomic mass is 9.67. The monoisotopic (exact) mass is 278 g/mol. The number of carboxylic acids is 1. The van der Waals surface area contributed by atoms with Crippen molar-refractivity contribution in [2.24, 2.45) is 0 Å². The van der Waals surface area contributed by atoms with Crippen LogP contribution >= 0.6 is 0 Å². The number of aromatic carboxylic acids is 1. The normalized spacial score (nSPS) is 21.1. The third kappa shape index (κ3) is 2.49. The van der Waals surface area contributed by atoms with Crippen LogP contribution in [-0.2, 0) is 5.41 Å². The maximum absolute atomic E-state index is 11.0. The van der Waals surface area contributed by atoms with Crippen LogP contribution in [0.25, 0.3) is 0 Å². The Morgan fingerprint density at radius 2 is 1.57 bits per heavy atom. The zero-order chi connectivity index (χ0) is 14.7. The minimum Gasteiger partial charge on any atom is -0.478 e. The molecule has 1 atom stereocenters. The molecule has 2 aromatic carbocycles. The van der Waals surface area contributed by atoms with Gasteiger partial charge in [0.1, 0.15) is 0 Å². The number of rotatable bonds is 3. The Morgan fingerprint density at radius 1 is 0.905 bits per heavy atom. The maximum atomic E-state index is 11.0. The summed E-state index contributed by atoms with van der Waals surface area (Å²) in [5.41, 5.74) is 2.81. The van der Waals surface area contributed by atoms with Gasteiger partial charge in [0.2, 0.25) is 0 Å². The molecule has 106 valence electrons. The van der Waals surface area contributed by atoms with E-state index in [4.69, 9.17) is 5.11 Å². The molecule has 2 aromatic rings. The van der Waals surface area contributed by atoms with Crippen molar-refractivity contribution in [2.75, 3.05) is 0 Å². The van der Waals surface area contributed by atoms with Crippen LogP contribution in [0, 0.1) is 0 Å². The van der Waals surface area contributed by atoms with E-state index in [9.17, 15) is 4.79 Å². The molecule has 1 aliphatic rings. The third-order valence-corrected chi connectivity index (χ3v) is 4.38. The van der Waals surface area contributed by atoms with Crippen molar-refractivity contribution >= 4 is 5.97 Å². The summed E-state index contributed by atoms with van der Waals surface area (Å²) < 4.78 is 0. The van der Waals surface area contributed by atoms with Gasteiger partial charge in [0, 0.05) is 5.41 Å². The molecule has 0 fully saturated rings. The highest BCUT2D eigenvalue weighted by atomic mass is 16.4. The molecule has 2 heteroatoms. The lowest BCUT2D eigenvalue weighted by Gasteiger charge is -2.36. The summed E-state index contributed by atoms with van der Waals surface area (Å²) in [6.07, 6.45) is 7.54. The van der Waals surface area contributed by atoms with Gasteiger partial charge in [-0.15, -0.1) is 0 Å². The van der Waals surface area contributed by atoms with Gasteiger partial charge in [-0.1, -0.05) is 54.6 Å². The van der Waals surface area contributed by atoms with Gasteiger partial charge in [-0.3, -0.25) is 0 Å². The van der Waals surface area contributed by atoms with Crippen molar-refractivity contribution < 1.29 is 9.90 Å². The second-order valence-electron chi connectivity index (χ2n) is 5.54. The van der Waals surface area contributed by atoms with Crippen LogP contribution in [0.2, 0.25) is 0 Å². The molecular weight excluding hydrogens is 260 g/mol. The average Bonchev–Trinajstić information content (AvgIpc) is 2.56. The highest BCUT2D eigenvalue weighted by molar-refractivity contribution is 5.87. The zero-order valence-electron chi connectivity index (χ0n) is 11.8. The average molecular weight is 278 g/mol. The molecule has 0 spiro atoms. The second-order valence-corrected chi connectivity index (χ2v) is 5.54. The summed E-state index contributed by atoms with van der Waals surface area (Å²) >= 11 is 0. The van der Waals surface area contributed by atoms with Crippen molar-refractivity contribution in [3.8, 4) is 0 Å². The summed E-state index contributed by atoms with van der Waals surface area (Å²) in [5.74, 6) is -0.876. The fraction of sp³-hybridized carbons (Fsp3) is 0.211. The third-order valence-electron chi connectivity index (χ3n) is 4.38. The van der Waals surface area contributed by atoms with Gasteiger partial charge in [-0.25, -0.2) is 4.79 Å². The molecule has 0 saturated carbocycles. The Morgan fingerprint density at radius 3 is 2.14 bits per heavy atom. The van der Waals surface area contributed by atoms with Gasteiger partial charge in [0.05, 0.1) is 5.56 Å². The molecule has 1 aliphatic carbocycles. The van der Waals surface area contributed by atoms with Crippen LogP contribution in [0.1, 0.15) is 40.7 Å². The first kappa shape index (κ1) is 13.6. The highest BCUT2D eigenvalue weighted by Crippen LogP contribution is 2.42. The van der Waals surface area contributed by atoms with Crippen molar-refractivity contribution in [3.63, 3.8) is 0 Å². The molecule has 0 radical (unpaired) electrons.